The zero-order valence-corrected chi connectivity index (χ0v) is 19.3. The van der Waals surface area contributed by atoms with Crippen LogP contribution in [0.5, 0.6) is 0 Å². The molecule has 1 aromatic carbocycles. The molecular formula is C24H28N4O6. The number of aryl methyl sites for hydroxylation is 1. The monoisotopic (exact) mass is 468 g/mol. The number of ether oxygens (including phenoxy) is 2. The average Bonchev–Trinajstić information content (AvgIpc) is 3.54. The van der Waals surface area contributed by atoms with Gasteiger partial charge in [-0.25, -0.2) is 0 Å². The Morgan fingerprint density at radius 2 is 1.97 bits per heavy atom. The number of hydrogen-bond donors (Lipinski definition) is 3. The van der Waals surface area contributed by atoms with Gasteiger partial charge in [-0.2, -0.15) is 0 Å². The number of amides is 2. The van der Waals surface area contributed by atoms with Crippen molar-refractivity contribution in [1.29, 1.82) is 0 Å². The molecule has 2 heterocycles. The Labute approximate surface area is 196 Å². The van der Waals surface area contributed by atoms with Crippen molar-refractivity contribution < 1.29 is 23.9 Å². The molecule has 0 spiro atoms. The second kappa shape index (κ2) is 9.30. The van der Waals surface area contributed by atoms with E-state index in [1.807, 2.05) is 6.92 Å². The average molecular weight is 469 g/mol. The molecule has 1 saturated heterocycles. The summed E-state index contributed by atoms with van der Waals surface area (Å²) in [6, 6.07) is 7.70. The van der Waals surface area contributed by atoms with Gasteiger partial charge in [0.15, 0.2) is 0 Å². The van der Waals surface area contributed by atoms with Gasteiger partial charge >= 0.3 is 5.97 Å². The molecule has 1 aliphatic heterocycles. The largest absolute Gasteiger partial charge is 0.433 e. The van der Waals surface area contributed by atoms with Crippen molar-refractivity contribution in [3.8, 4) is 0 Å². The Bertz CT molecular complexity index is 1190. The van der Waals surface area contributed by atoms with Crippen molar-refractivity contribution in [2.75, 3.05) is 24.3 Å². The highest BCUT2D eigenvalue weighted by Gasteiger charge is 2.54. The molecule has 180 valence electrons. The molecule has 4 rings (SSSR count). The van der Waals surface area contributed by atoms with Crippen molar-refractivity contribution >= 4 is 29.2 Å². The summed E-state index contributed by atoms with van der Waals surface area (Å²) in [5.74, 6) is -1.26. The van der Waals surface area contributed by atoms with Crippen LogP contribution in [0.1, 0.15) is 42.1 Å². The fraction of sp³-hybridized carbons (Fsp3) is 0.417. The van der Waals surface area contributed by atoms with Gasteiger partial charge in [-0.15, -0.1) is 0 Å². The number of nitrogens with zero attached hydrogens (tertiary/aromatic N) is 1. The Balaban J connectivity index is 1.53. The highest BCUT2D eigenvalue weighted by atomic mass is 16.7. The number of nitrogens with one attached hydrogen (secondary N) is 3. The third-order valence-corrected chi connectivity index (χ3v) is 6.17. The molecule has 2 amide bonds. The fourth-order valence-corrected chi connectivity index (χ4v) is 4.17. The van der Waals surface area contributed by atoms with Crippen LogP contribution in [0.2, 0.25) is 0 Å². The Kier molecular flexibility index (Phi) is 6.43. The van der Waals surface area contributed by atoms with Gasteiger partial charge in [-0.3, -0.25) is 23.7 Å². The standard InChI is InChI=1S/C24H28N4O6/c1-4-33-22-18(13-19(29)34-22)27-23(32)24(9-10-24)28-11-5-6-17(21(28)31)26-20(30)15-7-8-16(25-3)14(2)12-15/h5-8,11-12,18,22,25H,4,9-10,13H2,1-3H3,(H,26,30)(H,27,32)/t18-,22-/m0/s1. The maximum atomic E-state index is 13.2. The van der Waals surface area contributed by atoms with Gasteiger partial charge < -0.3 is 25.4 Å². The number of pyridine rings is 1. The summed E-state index contributed by atoms with van der Waals surface area (Å²) in [7, 11) is 1.80. The van der Waals surface area contributed by atoms with Crippen LogP contribution >= 0.6 is 0 Å². The second-order valence-electron chi connectivity index (χ2n) is 8.46. The summed E-state index contributed by atoms with van der Waals surface area (Å²) in [4.78, 5) is 50.8. The summed E-state index contributed by atoms with van der Waals surface area (Å²) in [5.41, 5.74) is 0.736. The normalized spacial score (nSPS) is 20.4. The fourth-order valence-electron chi connectivity index (χ4n) is 4.17. The van der Waals surface area contributed by atoms with Gasteiger partial charge in [0.1, 0.15) is 17.3 Å². The number of carbonyl (C=O) groups excluding carboxylic acids is 3. The summed E-state index contributed by atoms with van der Waals surface area (Å²) < 4.78 is 11.9. The minimum atomic E-state index is -1.08. The van der Waals surface area contributed by atoms with Gasteiger partial charge in [-0.05, 0) is 62.6 Å². The van der Waals surface area contributed by atoms with Crippen molar-refractivity contribution in [2.45, 2.75) is 51.0 Å². The van der Waals surface area contributed by atoms with Crippen LogP contribution in [0, 0.1) is 6.92 Å². The lowest BCUT2D eigenvalue weighted by molar-refractivity contribution is -0.164. The Morgan fingerprint density at radius 3 is 2.62 bits per heavy atom. The third kappa shape index (κ3) is 4.41. The van der Waals surface area contributed by atoms with E-state index in [2.05, 4.69) is 16.0 Å². The molecular weight excluding hydrogens is 440 g/mol. The van der Waals surface area contributed by atoms with E-state index in [-0.39, 0.29) is 18.0 Å². The molecule has 34 heavy (non-hydrogen) atoms. The minimum Gasteiger partial charge on any atom is -0.433 e. The van der Waals surface area contributed by atoms with E-state index < -0.39 is 35.3 Å². The Hall–Kier alpha value is -3.66. The van der Waals surface area contributed by atoms with E-state index in [9.17, 15) is 19.2 Å². The lowest BCUT2D eigenvalue weighted by atomic mass is 10.1. The molecule has 1 aromatic heterocycles. The number of cyclic esters (lactones) is 1. The molecule has 10 nitrogen and oxygen atoms in total. The molecule has 0 unspecified atom stereocenters. The molecule has 2 aromatic rings. The van der Waals surface area contributed by atoms with E-state index >= 15 is 0 Å². The van der Waals surface area contributed by atoms with Crippen molar-refractivity contribution in [1.82, 2.24) is 9.88 Å². The Morgan fingerprint density at radius 1 is 1.21 bits per heavy atom. The first-order valence-corrected chi connectivity index (χ1v) is 11.2. The van der Waals surface area contributed by atoms with Crippen LogP contribution in [-0.4, -0.2) is 48.3 Å². The molecule has 0 bridgehead atoms. The van der Waals surface area contributed by atoms with Crippen LogP contribution in [0.15, 0.2) is 41.3 Å². The predicted octanol–water partition coefficient (Wildman–Crippen LogP) is 1.73. The summed E-state index contributed by atoms with van der Waals surface area (Å²) in [5, 5.41) is 8.52. The topological polar surface area (TPSA) is 128 Å². The maximum Gasteiger partial charge on any atom is 0.310 e. The number of benzene rings is 1. The van der Waals surface area contributed by atoms with E-state index in [4.69, 9.17) is 9.47 Å². The lowest BCUT2D eigenvalue weighted by Gasteiger charge is -2.23. The molecule has 1 aliphatic carbocycles. The SMILES string of the molecule is CCO[C@H]1OC(=O)C[C@@H]1NC(=O)C1(n2cccc(NC(=O)c3ccc(NC)c(C)c3)c2=O)CC1. The quantitative estimate of drug-likeness (QED) is 0.504. The van der Waals surface area contributed by atoms with Gasteiger partial charge in [0, 0.05) is 31.1 Å². The number of rotatable bonds is 8. The van der Waals surface area contributed by atoms with Crippen molar-refractivity contribution in [3.63, 3.8) is 0 Å². The van der Waals surface area contributed by atoms with E-state index in [0.29, 0.717) is 25.0 Å². The molecule has 1 saturated carbocycles. The second-order valence-corrected chi connectivity index (χ2v) is 8.46. The van der Waals surface area contributed by atoms with Crippen LogP contribution in [-0.2, 0) is 24.6 Å². The molecule has 10 heteroatoms. The summed E-state index contributed by atoms with van der Waals surface area (Å²) in [6.45, 7) is 3.98. The molecule has 0 radical (unpaired) electrons. The van der Waals surface area contributed by atoms with E-state index in [1.54, 1.807) is 38.2 Å². The predicted molar refractivity (Wildman–Crippen MR) is 125 cm³/mol. The maximum absolute atomic E-state index is 13.2. The number of aromatic nitrogens is 1. The number of carbonyl (C=O) groups is 3. The van der Waals surface area contributed by atoms with Crippen LogP contribution < -0.4 is 21.5 Å². The van der Waals surface area contributed by atoms with Gasteiger partial charge in [0.05, 0.1) is 6.42 Å². The van der Waals surface area contributed by atoms with Gasteiger partial charge in [0.25, 0.3) is 11.5 Å². The van der Waals surface area contributed by atoms with Crippen LogP contribution in [0.3, 0.4) is 0 Å². The highest BCUT2D eigenvalue weighted by Crippen LogP contribution is 2.43. The van der Waals surface area contributed by atoms with Crippen molar-refractivity contribution in [3.05, 3.63) is 58.0 Å². The lowest BCUT2D eigenvalue weighted by Crippen LogP contribution is -2.49. The number of hydrogen-bond acceptors (Lipinski definition) is 7. The molecule has 2 atom stereocenters. The zero-order valence-electron chi connectivity index (χ0n) is 19.3. The number of esters is 1. The minimum absolute atomic E-state index is 0.00321. The van der Waals surface area contributed by atoms with Crippen LogP contribution in [0.25, 0.3) is 0 Å². The molecule has 2 aliphatic rings. The van der Waals surface area contributed by atoms with E-state index in [1.165, 1.54) is 16.8 Å². The smallest absolute Gasteiger partial charge is 0.310 e. The number of anilines is 2. The summed E-state index contributed by atoms with van der Waals surface area (Å²) in [6.07, 6.45) is 1.61. The van der Waals surface area contributed by atoms with Gasteiger partial charge in [0.2, 0.25) is 12.2 Å². The first-order valence-electron chi connectivity index (χ1n) is 11.2. The third-order valence-electron chi connectivity index (χ3n) is 6.17. The van der Waals surface area contributed by atoms with Crippen LogP contribution in [0.4, 0.5) is 11.4 Å². The zero-order chi connectivity index (χ0) is 24.5. The first kappa shape index (κ1) is 23.5. The molecule has 3 N–H and O–H groups in total. The first-order chi connectivity index (χ1) is 16.3. The van der Waals surface area contributed by atoms with E-state index in [0.717, 1.165) is 11.3 Å². The van der Waals surface area contributed by atoms with Gasteiger partial charge in [-0.1, -0.05) is 0 Å². The molecule has 2 fully saturated rings. The van der Waals surface area contributed by atoms with Crippen molar-refractivity contribution in [2.24, 2.45) is 0 Å². The summed E-state index contributed by atoms with van der Waals surface area (Å²) >= 11 is 0. The highest BCUT2D eigenvalue weighted by molar-refractivity contribution is 6.04.